The molecule has 0 spiro atoms. The smallest absolute Gasteiger partial charge is 0.0258 e. The molecule has 2 aromatic rings. The van der Waals surface area contributed by atoms with Crippen molar-refractivity contribution in [2.45, 2.75) is 25.7 Å². The molecule has 0 saturated heterocycles. The molecule has 0 heterocycles. The number of hydrogen-bond donors (Lipinski definition) is 0. The summed E-state index contributed by atoms with van der Waals surface area (Å²) in [4.78, 5) is 0. The highest BCUT2D eigenvalue weighted by molar-refractivity contribution is 6.18. The van der Waals surface area contributed by atoms with Crippen molar-refractivity contribution in [1.29, 1.82) is 0 Å². The lowest BCUT2D eigenvalue weighted by Gasteiger charge is -2.27. The van der Waals surface area contributed by atoms with Crippen molar-refractivity contribution in [3.8, 4) is 0 Å². The fourth-order valence-corrected chi connectivity index (χ4v) is 3.43. The molecule has 0 nitrogen and oxygen atoms in total. The van der Waals surface area contributed by atoms with Crippen molar-refractivity contribution in [3.63, 3.8) is 0 Å². The zero-order valence-corrected chi connectivity index (χ0v) is 13.0. The van der Waals surface area contributed by atoms with Gasteiger partial charge in [0.2, 0.25) is 0 Å². The van der Waals surface area contributed by atoms with Gasteiger partial charge in [0.05, 0.1) is 0 Å². The van der Waals surface area contributed by atoms with Crippen LogP contribution in [0.25, 0.3) is 5.57 Å². The average molecular weight is 297 g/mol. The van der Waals surface area contributed by atoms with E-state index >= 15 is 0 Å². The van der Waals surface area contributed by atoms with Crippen molar-refractivity contribution in [2.24, 2.45) is 5.92 Å². The lowest BCUT2D eigenvalue weighted by Crippen LogP contribution is -2.15. The molecule has 0 saturated carbocycles. The maximum Gasteiger partial charge on any atom is 0.0258 e. The highest BCUT2D eigenvalue weighted by atomic mass is 35.5. The van der Waals surface area contributed by atoms with Crippen LogP contribution in [-0.4, -0.2) is 5.88 Å². The van der Waals surface area contributed by atoms with Crippen LogP contribution >= 0.6 is 11.6 Å². The molecule has 0 N–H and O–H groups in total. The molecule has 0 radical (unpaired) electrons. The van der Waals surface area contributed by atoms with E-state index in [2.05, 4.69) is 60.7 Å². The molecule has 1 atom stereocenters. The van der Waals surface area contributed by atoms with Gasteiger partial charge in [-0.3, -0.25) is 0 Å². The Morgan fingerprint density at radius 2 is 1.71 bits per heavy atom. The Morgan fingerprint density at radius 3 is 2.48 bits per heavy atom. The lowest BCUT2D eigenvalue weighted by atomic mass is 9.77. The molecule has 21 heavy (non-hydrogen) atoms. The second kappa shape index (κ2) is 6.95. The Labute approximate surface area is 132 Å². The van der Waals surface area contributed by atoms with Crippen molar-refractivity contribution < 1.29 is 0 Å². The molecule has 2 aromatic carbocycles. The van der Waals surface area contributed by atoms with Crippen LogP contribution in [0.15, 0.2) is 60.7 Å². The SMILES string of the molecule is ClCCC=C(c1ccccc1)C1CCc2ccccc2C1. The fourth-order valence-electron chi connectivity index (χ4n) is 3.32. The maximum absolute atomic E-state index is 5.91. The first kappa shape index (κ1) is 14.4. The van der Waals surface area contributed by atoms with E-state index in [1.54, 1.807) is 0 Å². The lowest BCUT2D eigenvalue weighted by molar-refractivity contribution is 0.567. The topological polar surface area (TPSA) is 0 Å². The highest BCUT2D eigenvalue weighted by Crippen LogP contribution is 2.35. The number of benzene rings is 2. The molecule has 0 fully saturated rings. The Balaban J connectivity index is 1.89. The van der Waals surface area contributed by atoms with Crippen LogP contribution in [0.5, 0.6) is 0 Å². The van der Waals surface area contributed by atoms with Gasteiger partial charge in [0.25, 0.3) is 0 Å². The molecule has 0 bridgehead atoms. The zero-order chi connectivity index (χ0) is 14.5. The van der Waals surface area contributed by atoms with Gasteiger partial charge in [0.1, 0.15) is 0 Å². The molecule has 108 valence electrons. The van der Waals surface area contributed by atoms with Gasteiger partial charge in [0.15, 0.2) is 0 Å². The van der Waals surface area contributed by atoms with E-state index in [1.165, 1.54) is 35.1 Å². The number of alkyl halides is 1. The van der Waals surface area contributed by atoms with Gasteiger partial charge in [-0.1, -0.05) is 60.7 Å². The van der Waals surface area contributed by atoms with Crippen LogP contribution in [0.1, 0.15) is 29.5 Å². The molecular formula is C20H21Cl. The minimum atomic E-state index is 0.616. The summed E-state index contributed by atoms with van der Waals surface area (Å²) in [6.07, 6.45) is 6.87. The molecule has 1 aliphatic rings. The number of allylic oxidation sites excluding steroid dienone is 2. The summed E-state index contributed by atoms with van der Waals surface area (Å²) in [7, 11) is 0. The van der Waals surface area contributed by atoms with Crippen LogP contribution < -0.4 is 0 Å². The van der Waals surface area contributed by atoms with E-state index < -0.39 is 0 Å². The van der Waals surface area contributed by atoms with Crippen LogP contribution in [0.4, 0.5) is 0 Å². The third kappa shape index (κ3) is 3.39. The van der Waals surface area contributed by atoms with E-state index in [0.717, 1.165) is 12.8 Å². The Bertz CT molecular complexity index is 613. The highest BCUT2D eigenvalue weighted by Gasteiger charge is 2.22. The van der Waals surface area contributed by atoms with Gasteiger partial charge in [-0.15, -0.1) is 11.6 Å². The Morgan fingerprint density at radius 1 is 1.00 bits per heavy atom. The summed E-state index contributed by atoms with van der Waals surface area (Å²) in [6.45, 7) is 0. The molecular weight excluding hydrogens is 276 g/mol. The first-order valence-corrected chi connectivity index (χ1v) is 8.30. The number of halogens is 1. The second-order valence-electron chi connectivity index (χ2n) is 5.71. The van der Waals surface area contributed by atoms with Gasteiger partial charge < -0.3 is 0 Å². The standard InChI is InChI=1S/C20H21Cl/c21-14-6-11-20(17-8-2-1-3-9-17)19-13-12-16-7-4-5-10-18(16)15-19/h1-5,7-11,19H,6,12-15H2. The molecule has 0 amide bonds. The van der Waals surface area contributed by atoms with Crippen LogP contribution in [-0.2, 0) is 12.8 Å². The number of rotatable bonds is 4. The van der Waals surface area contributed by atoms with Crippen molar-refractivity contribution in [1.82, 2.24) is 0 Å². The van der Waals surface area contributed by atoms with E-state index in [1.807, 2.05) is 0 Å². The van der Waals surface area contributed by atoms with Crippen molar-refractivity contribution >= 4 is 17.2 Å². The van der Waals surface area contributed by atoms with E-state index in [9.17, 15) is 0 Å². The van der Waals surface area contributed by atoms with Crippen molar-refractivity contribution in [2.75, 3.05) is 5.88 Å². The zero-order valence-electron chi connectivity index (χ0n) is 12.3. The molecule has 3 rings (SSSR count). The summed E-state index contributed by atoms with van der Waals surface area (Å²) >= 11 is 5.91. The average Bonchev–Trinajstić information content (AvgIpc) is 2.56. The van der Waals surface area contributed by atoms with E-state index in [0.29, 0.717) is 11.8 Å². The van der Waals surface area contributed by atoms with Gasteiger partial charge in [-0.2, -0.15) is 0 Å². The number of fused-ring (bicyclic) bond motifs is 1. The molecule has 0 aromatic heterocycles. The summed E-state index contributed by atoms with van der Waals surface area (Å²) in [6, 6.07) is 19.6. The van der Waals surface area contributed by atoms with Gasteiger partial charge in [-0.25, -0.2) is 0 Å². The van der Waals surface area contributed by atoms with Gasteiger partial charge >= 0.3 is 0 Å². The maximum atomic E-state index is 5.91. The fraction of sp³-hybridized carbons (Fsp3) is 0.300. The first-order valence-electron chi connectivity index (χ1n) is 7.76. The summed E-state index contributed by atoms with van der Waals surface area (Å²) in [5, 5.41) is 0. The predicted molar refractivity (Wildman–Crippen MR) is 91.7 cm³/mol. The third-order valence-corrected chi connectivity index (χ3v) is 4.59. The molecule has 0 aliphatic heterocycles. The minimum absolute atomic E-state index is 0.616. The summed E-state index contributed by atoms with van der Waals surface area (Å²) in [5.41, 5.74) is 5.87. The van der Waals surface area contributed by atoms with E-state index in [-0.39, 0.29) is 0 Å². The minimum Gasteiger partial charge on any atom is -0.126 e. The molecule has 1 heteroatoms. The predicted octanol–water partition coefficient (Wildman–Crippen LogP) is 5.50. The normalized spacial score (nSPS) is 18.3. The Kier molecular flexibility index (Phi) is 4.77. The van der Waals surface area contributed by atoms with E-state index in [4.69, 9.17) is 11.6 Å². The third-order valence-electron chi connectivity index (χ3n) is 4.37. The van der Waals surface area contributed by atoms with Crippen LogP contribution in [0.3, 0.4) is 0 Å². The second-order valence-corrected chi connectivity index (χ2v) is 6.09. The molecule has 1 aliphatic carbocycles. The van der Waals surface area contributed by atoms with Crippen molar-refractivity contribution in [3.05, 3.63) is 77.4 Å². The summed E-state index contributed by atoms with van der Waals surface area (Å²) in [5.74, 6) is 1.31. The quantitative estimate of drug-likeness (QED) is 0.653. The first-order chi connectivity index (χ1) is 10.4. The summed E-state index contributed by atoms with van der Waals surface area (Å²) < 4.78 is 0. The Hall–Kier alpha value is -1.53. The largest absolute Gasteiger partial charge is 0.126 e. The number of hydrogen-bond acceptors (Lipinski definition) is 0. The van der Waals surface area contributed by atoms with Crippen LogP contribution in [0, 0.1) is 5.92 Å². The molecule has 1 unspecified atom stereocenters. The number of aryl methyl sites for hydroxylation is 1. The monoisotopic (exact) mass is 296 g/mol. The van der Waals surface area contributed by atoms with Crippen LogP contribution in [0.2, 0.25) is 0 Å². The van der Waals surface area contributed by atoms with Gasteiger partial charge in [-0.05, 0) is 53.9 Å². The van der Waals surface area contributed by atoms with Gasteiger partial charge in [0, 0.05) is 5.88 Å².